The van der Waals surface area contributed by atoms with Gasteiger partial charge in [-0.05, 0) is 30.3 Å². The van der Waals surface area contributed by atoms with Gasteiger partial charge in [0.2, 0.25) is 5.13 Å². The van der Waals surface area contributed by atoms with Crippen molar-refractivity contribution in [2.45, 2.75) is 4.90 Å². The number of hydrogen-bond acceptors (Lipinski definition) is 6. The first kappa shape index (κ1) is 18.0. The van der Waals surface area contributed by atoms with Crippen LogP contribution in [0.5, 0.6) is 0 Å². The standard InChI is InChI=1S/C16H13BrFN3O2S2/c17-11-6-7-14(18)13(10-11)15-20-21-16(24-15)19-8-9-25(22,23)12-4-2-1-3-5-12/h1-7,10H,8-9H2,(H,19,21). The fourth-order valence-electron chi connectivity index (χ4n) is 2.10. The molecular weight excluding hydrogens is 429 g/mol. The van der Waals surface area contributed by atoms with Crippen LogP contribution in [0.4, 0.5) is 9.52 Å². The number of hydrogen-bond donors (Lipinski definition) is 1. The highest BCUT2D eigenvalue weighted by atomic mass is 79.9. The number of nitrogens with one attached hydrogen (secondary N) is 1. The van der Waals surface area contributed by atoms with Crippen molar-refractivity contribution < 1.29 is 12.8 Å². The van der Waals surface area contributed by atoms with E-state index in [-0.39, 0.29) is 17.2 Å². The molecule has 0 saturated heterocycles. The Kier molecular flexibility index (Phi) is 5.45. The quantitative estimate of drug-likeness (QED) is 0.625. The summed E-state index contributed by atoms with van der Waals surface area (Å²) in [6, 6.07) is 12.8. The first-order valence-corrected chi connectivity index (χ1v) is 10.5. The SMILES string of the molecule is O=S(=O)(CCNc1nnc(-c2cc(Br)ccc2F)s1)c1ccccc1. The second-order valence-corrected chi connectivity index (χ2v) is 9.10. The summed E-state index contributed by atoms with van der Waals surface area (Å²) < 4.78 is 39.0. The van der Waals surface area contributed by atoms with Crippen molar-refractivity contribution in [3.05, 3.63) is 58.8 Å². The van der Waals surface area contributed by atoms with Crippen molar-refractivity contribution >= 4 is 42.2 Å². The molecule has 0 bridgehead atoms. The van der Waals surface area contributed by atoms with Crippen LogP contribution in [0.2, 0.25) is 0 Å². The molecule has 0 aliphatic heterocycles. The molecule has 0 amide bonds. The van der Waals surface area contributed by atoms with Crippen LogP contribution in [0.3, 0.4) is 0 Å². The highest BCUT2D eigenvalue weighted by Gasteiger charge is 2.15. The second-order valence-electron chi connectivity index (χ2n) is 5.10. The van der Waals surface area contributed by atoms with Crippen LogP contribution in [0.15, 0.2) is 57.9 Å². The lowest BCUT2D eigenvalue weighted by Crippen LogP contribution is -2.15. The minimum Gasteiger partial charge on any atom is -0.359 e. The molecule has 1 aromatic heterocycles. The zero-order valence-corrected chi connectivity index (χ0v) is 16.0. The van der Waals surface area contributed by atoms with E-state index in [2.05, 4.69) is 31.4 Å². The summed E-state index contributed by atoms with van der Waals surface area (Å²) in [5, 5.41) is 11.7. The maximum atomic E-state index is 13.9. The molecule has 0 aliphatic carbocycles. The average Bonchev–Trinajstić information content (AvgIpc) is 3.06. The highest BCUT2D eigenvalue weighted by Crippen LogP contribution is 2.30. The van der Waals surface area contributed by atoms with Crippen molar-refractivity contribution in [3.8, 4) is 10.6 Å². The van der Waals surface area contributed by atoms with Crippen molar-refractivity contribution in [1.82, 2.24) is 10.2 Å². The summed E-state index contributed by atoms with van der Waals surface area (Å²) in [6.07, 6.45) is 0. The van der Waals surface area contributed by atoms with Crippen LogP contribution in [0, 0.1) is 5.82 Å². The Bertz CT molecular complexity index is 978. The summed E-state index contributed by atoms with van der Waals surface area (Å²) in [4.78, 5) is 0.283. The number of halogens is 2. The Labute approximate surface area is 157 Å². The van der Waals surface area contributed by atoms with Crippen LogP contribution in [-0.2, 0) is 9.84 Å². The molecule has 0 radical (unpaired) electrons. The van der Waals surface area contributed by atoms with Gasteiger partial charge in [0, 0.05) is 16.6 Å². The smallest absolute Gasteiger partial charge is 0.206 e. The van der Waals surface area contributed by atoms with Crippen molar-refractivity contribution in [2.75, 3.05) is 17.6 Å². The molecule has 2 aromatic carbocycles. The van der Waals surface area contributed by atoms with Gasteiger partial charge in [-0.15, -0.1) is 10.2 Å². The van der Waals surface area contributed by atoms with Crippen LogP contribution < -0.4 is 5.32 Å². The molecule has 130 valence electrons. The van der Waals surface area contributed by atoms with E-state index in [9.17, 15) is 12.8 Å². The highest BCUT2D eigenvalue weighted by molar-refractivity contribution is 9.10. The van der Waals surface area contributed by atoms with Crippen molar-refractivity contribution in [3.63, 3.8) is 0 Å². The van der Waals surface area contributed by atoms with Crippen LogP contribution in [0.1, 0.15) is 0 Å². The summed E-state index contributed by atoms with van der Waals surface area (Å²) in [6.45, 7) is 0.187. The molecule has 0 fully saturated rings. The third-order valence-corrected chi connectivity index (χ3v) is 6.47. The maximum absolute atomic E-state index is 13.9. The lowest BCUT2D eigenvalue weighted by molar-refractivity contribution is 0.596. The molecule has 0 aliphatic rings. The lowest BCUT2D eigenvalue weighted by Gasteiger charge is -2.04. The Morgan fingerprint density at radius 2 is 1.88 bits per heavy atom. The van der Waals surface area contributed by atoms with Gasteiger partial charge in [0.1, 0.15) is 5.82 Å². The molecule has 1 N–H and O–H groups in total. The third-order valence-electron chi connectivity index (χ3n) is 3.33. The Hall–Kier alpha value is -1.84. The molecule has 25 heavy (non-hydrogen) atoms. The van der Waals surface area contributed by atoms with E-state index in [1.807, 2.05) is 0 Å². The fourth-order valence-corrected chi connectivity index (χ4v) is 4.43. The van der Waals surface area contributed by atoms with E-state index < -0.39 is 15.7 Å². The number of aromatic nitrogens is 2. The van der Waals surface area contributed by atoms with Crippen LogP contribution in [-0.4, -0.2) is 30.9 Å². The van der Waals surface area contributed by atoms with E-state index in [0.29, 0.717) is 15.7 Å². The molecule has 0 unspecified atom stereocenters. The topological polar surface area (TPSA) is 72.0 Å². The fraction of sp³-hybridized carbons (Fsp3) is 0.125. The summed E-state index contributed by atoms with van der Waals surface area (Å²) in [7, 11) is -3.36. The molecular formula is C16H13BrFN3O2S2. The molecule has 1 heterocycles. The predicted octanol–water partition coefficient (Wildman–Crippen LogP) is 3.99. The third kappa shape index (κ3) is 4.42. The van der Waals surface area contributed by atoms with Gasteiger partial charge in [-0.1, -0.05) is 45.5 Å². The van der Waals surface area contributed by atoms with E-state index in [4.69, 9.17) is 0 Å². The number of anilines is 1. The zero-order valence-electron chi connectivity index (χ0n) is 12.8. The molecule has 0 atom stereocenters. The zero-order chi connectivity index (χ0) is 17.9. The minimum atomic E-state index is -3.36. The van der Waals surface area contributed by atoms with Crippen LogP contribution >= 0.6 is 27.3 Å². The van der Waals surface area contributed by atoms with Gasteiger partial charge in [-0.3, -0.25) is 0 Å². The number of rotatable bonds is 6. The second kappa shape index (κ2) is 7.59. The molecule has 3 rings (SSSR count). The van der Waals surface area contributed by atoms with E-state index in [1.54, 1.807) is 42.5 Å². The Morgan fingerprint density at radius 1 is 1.12 bits per heavy atom. The van der Waals surface area contributed by atoms with E-state index in [0.717, 1.165) is 4.47 Å². The molecule has 0 spiro atoms. The van der Waals surface area contributed by atoms with E-state index in [1.165, 1.54) is 17.4 Å². The van der Waals surface area contributed by atoms with Gasteiger partial charge in [0.25, 0.3) is 0 Å². The van der Waals surface area contributed by atoms with Gasteiger partial charge >= 0.3 is 0 Å². The molecule has 3 aromatic rings. The first-order chi connectivity index (χ1) is 12.0. The minimum absolute atomic E-state index is 0.0722. The van der Waals surface area contributed by atoms with Gasteiger partial charge in [0.15, 0.2) is 14.8 Å². The number of benzene rings is 2. The average molecular weight is 442 g/mol. The Balaban J connectivity index is 1.66. The Morgan fingerprint density at radius 3 is 2.64 bits per heavy atom. The predicted molar refractivity (Wildman–Crippen MR) is 100.0 cm³/mol. The molecule has 0 saturated carbocycles. The molecule has 9 heteroatoms. The number of nitrogens with zero attached hydrogens (tertiary/aromatic N) is 2. The lowest BCUT2D eigenvalue weighted by atomic mass is 10.2. The number of sulfone groups is 1. The van der Waals surface area contributed by atoms with Gasteiger partial charge in [-0.2, -0.15) is 0 Å². The monoisotopic (exact) mass is 441 g/mol. The van der Waals surface area contributed by atoms with Gasteiger partial charge in [-0.25, -0.2) is 12.8 Å². The summed E-state index contributed by atoms with van der Waals surface area (Å²) >= 11 is 4.46. The normalized spacial score (nSPS) is 11.4. The largest absolute Gasteiger partial charge is 0.359 e. The molecule has 5 nitrogen and oxygen atoms in total. The van der Waals surface area contributed by atoms with E-state index >= 15 is 0 Å². The maximum Gasteiger partial charge on any atom is 0.206 e. The van der Waals surface area contributed by atoms with Crippen molar-refractivity contribution in [1.29, 1.82) is 0 Å². The van der Waals surface area contributed by atoms with Crippen molar-refractivity contribution in [2.24, 2.45) is 0 Å². The van der Waals surface area contributed by atoms with Gasteiger partial charge in [0.05, 0.1) is 10.6 Å². The van der Waals surface area contributed by atoms with Gasteiger partial charge < -0.3 is 5.32 Å². The summed E-state index contributed by atoms with van der Waals surface area (Å²) in [5.74, 6) is -0.463. The summed E-state index contributed by atoms with van der Waals surface area (Å²) in [5.41, 5.74) is 0.344. The van der Waals surface area contributed by atoms with Crippen LogP contribution in [0.25, 0.3) is 10.6 Å². The first-order valence-electron chi connectivity index (χ1n) is 7.26.